The maximum Gasteiger partial charge on any atom is 0.270 e. The summed E-state index contributed by atoms with van der Waals surface area (Å²) in [5, 5.41) is 4.88. The molecule has 0 aliphatic carbocycles. The first-order valence-electron chi connectivity index (χ1n) is 8.02. The third-order valence-corrected chi connectivity index (χ3v) is 4.39. The first kappa shape index (κ1) is 16.1. The molecule has 23 heavy (non-hydrogen) atoms. The number of rotatable bonds is 4. The molecule has 7 heteroatoms. The summed E-state index contributed by atoms with van der Waals surface area (Å²) < 4.78 is 1.94. The van der Waals surface area contributed by atoms with E-state index in [1.165, 1.54) is 5.56 Å². The second-order valence-corrected chi connectivity index (χ2v) is 6.29. The summed E-state index contributed by atoms with van der Waals surface area (Å²) >= 11 is 5.88. The lowest BCUT2D eigenvalue weighted by Gasteiger charge is -2.21. The van der Waals surface area contributed by atoms with E-state index in [-0.39, 0.29) is 5.91 Å². The molecule has 3 rings (SSSR count). The lowest BCUT2D eigenvalue weighted by molar-refractivity contribution is 0.0756. The Balaban J connectivity index is 1.57. The smallest absolute Gasteiger partial charge is 0.270 e. The highest BCUT2D eigenvalue weighted by Crippen LogP contribution is 2.14. The minimum absolute atomic E-state index is 0.0255. The van der Waals surface area contributed by atoms with E-state index in [0.29, 0.717) is 10.7 Å². The van der Waals surface area contributed by atoms with Gasteiger partial charge in [-0.2, -0.15) is 5.10 Å². The average molecular weight is 336 g/mol. The third kappa shape index (κ3) is 3.95. The highest BCUT2D eigenvalue weighted by atomic mass is 35.5. The molecule has 0 aromatic carbocycles. The Bertz CT molecular complexity index is 665. The van der Waals surface area contributed by atoms with Crippen LogP contribution < -0.4 is 0 Å². The first-order valence-corrected chi connectivity index (χ1v) is 8.40. The number of H-pyrrole nitrogens is 1. The highest BCUT2D eigenvalue weighted by Gasteiger charge is 2.21. The van der Waals surface area contributed by atoms with Gasteiger partial charge in [-0.25, -0.2) is 0 Å². The van der Waals surface area contributed by atoms with Crippen LogP contribution in [0.4, 0.5) is 0 Å². The molecule has 0 unspecified atom stereocenters. The van der Waals surface area contributed by atoms with Crippen LogP contribution in [0, 0.1) is 0 Å². The van der Waals surface area contributed by atoms with Gasteiger partial charge in [-0.1, -0.05) is 11.6 Å². The first-order chi connectivity index (χ1) is 11.2. The molecular weight excluding hydrogens is 314 g/mol. The van der Waals surface area contributed by atoms with E-state index in [1.54, 1.807) is 12.3 Å². The van der Waals surface area contributed by atoms with Gasteiger partial charge in [0.25, 0.3) is 5.91 Å². The van der Waals surface area contributed by atoms with E-state index < -0.39 is 0 Å². The summed E-state index contributed by atoms with van der Waals surface area (Å²) in [6, 6.07) is 1.69. The van der Waals surface area contributed by atoms with Crippen molar-refractivity contribution in [2.75, 3.05) is 26.2 Å². The SMILES string of the molecule is CCn1cc(CN2CCCN(C(=O)c3cc(Cl)c[nH]3)CC2)cn1. The number of carbonyl (C=O) groups excluding carboxylic acids is 1. The number of halogens is 1. The second-order valence-electron chi connectivity index (χ2n) is 5.86. The van der Waals surface area contributed by atoms with Crippen molar-refractivity contribution < 1.29 is 4.79 Å². The van der Waals surface area contributed by atoms with Crippen molar-refractivity contribution >= 4 is 17.5 Å². The molecule has 2 aromatic rings. The summed E-state index contributed by atoms with van der Waals surface area (Å²) in [7, 11) is 0. The minimum atomic E-state index is 0.0255. The summed E-state index contributed by atoms with van der Waals surface area (Å²) in [4.78, 5) is 19.7. The van der Waals surface area contributed by atoms with Crippen LogP contribution in [0.5, 0.6) is 0 Å². The number of nitrogens with zero attached hydrogens (tertiary/aromatic N) is 4. The second kappa shape index (κ2) is 7.19. The van der Waals surface area contributed by atoms with Gasteiger partial charge in [-0.3, -0.25) is 14.4 Å². The number of nitrogens with one attached hydrogen (secondary N) is 1. The molecule has 6 nitrogen and oxygen atoms in total. The molecule has 1 amide bonds. The van der Waals surface area contributed by atoms with Crippen LogP contribution in [0.2, 0.25) is 5.02 Å². The van der Waals surface area contributed by atoms with Crippen LogP contribution in [0.1, 0.15) is 29.4 Å². The highest BCUT2D eigenvalue weighted by molar-refractivity contribution is 6.30. The van der Waals surface area contributed by atoms with Crippen LogP contribution in [0.25, 0.3) is 0 Å². The van der Waals surface area contributed by atoms with Gasteiger partial charge < -0.3 is 9.88 Å². The predicted molar refractivity (Wildman–Crippen MR) is 89.5 cm³/mol. The van der Waals surface area contributed by atoms with Crippen molar-refractivity contribution in [3.63, 3.8) is 0 Å². The molecule has 0 spiro atoms. The summed E-state index contributed by atoms with van der Waals surface area (Å²) in [6.45, 7) is 7.23. The van der Waals surface area contributed by atoms with E-state index in [0.717, 1.165) is 45.7 Å². The van der Waals surface area contributed by atoms with Crippen molar-refractivity contribution in [2.24, 2.45) is 0 Å². The Kier molecular flexibility index (Phi) is 5.03. The van der Waals surface area contributed by atoms with E-state index in [1.807, 2.05) is 15.8 Å². The van der Waals surface area contributed by atoms with Crippen LogP contribution in [-0.2, 0) is 13.1 Å². The zero-order chi connectivity index (χ0) is 16.2. The maximum atomic E-state index is 12.5. The molecule has 1 aliphatic heterocycles. The Morgan fingerprint density at radius 2 is 2.22 bits per heavy atom. The Hall–Kier alpha value is -1.79. The van der Waals surface area contributed by atoms with E-state index >= 15 is 0 Å². The maximum absolute atomic E-state index is 12.5. The van der Waals surface area contributed by atoms with Crippen LogP contribution in [0.3, 0.4) is 0 Å². The van der Waals surface area contributed by atoms with Crippen LogP contribution in [-0.4, -0.2) is 56.7 Å². The molecule has 1 fully saturated rings. The van der Waals surface area contributed by atoms with Crippen LogP contribution >= 0.6 is 11.6 Å². The van der Waals surface area contributed by atoms with Gasteiger partial charge >= 0.3 is 0 Å². The molecule has 0 atom stereocenters. The molecule has 0 radical (unpaired) electrons. The molecule has 2 aromatic heterocycles. The average Bonchev–Trinajstić information content (AvgIpc) is 3.11. The van der Waals surface area contributed by atoms with Crippen molar-refractivity contribution in [2.45, 2.75) is 26.4 Å². The largest absolute Gasteiger partial charge is 0.356 e. The lowest BCUT2D eigenvalue weighted by atomic mass is 10.3. The summed E-state index contributed by atoms with van der Waals surface area (Å²) in [5.74, 6) is 0.0255. The molecule has 0 saturated carbocycles. The Labute approximate surface area is 141 Å². The van der Waals surface area contributed by atoms with Crippen LogP contribution in [0.15, 0.2) is 24.7 Å². The number of hydrogen-bond acceptors (Lipinski definition) is 3. The molecule has 0 bridgehead atoms. The minimum Gasteiger partial charge on any atom is -0.356 e. The van der Waals surface area contributed by atoms with E-state index in [9.17, 15) is 4.79 Å². The fourth-order valence-corrected chi connectivity index (χ4v) is 3.08. The number of hydrogen-bond donors (Lipinski definition) is 1. The van der Waals surface area contributed by atoms with Gasteiger partial charge in [0.2, 0.25) is 0 Å². The van der Waals surface area contributed by atoms with Gasteiger partial charge in [0.15, 0.2) is 0 Å². The standard InChI is InChI=1S/C16H22ClN5O/c1-2-22-12-13(9-19-22)11-20-4-3-5-21(7-6-20)16(23)15-8-14(17)10-18-15/h8-10,12,18H,2-7,11H2,1H3. The molecule has 3 heterocycles. The number of amides is 1. The molecular formula is C16H22ClN5O. The molecule has 124 valence electrons. The Morgan fingerprint density at radius 3 is 2.91 bits per heavy atom. The van der Waals surface area contributed by atoms with Gasteiger partial charge in [-0.05, 0) is 19.4 Å². The van der Waals surface area contributed by atoms with Crippen molar-refractivity contribution in [3.8, 4) is 0 Å². The van der Waals surface area contributed by atoms with Gasteiger partial charge in [0.1, 0.15) is 5.69 Å². The fraction of sp³-hybridized carbons (Fsp3) is 0.500. The monoisotopic (exact) mass is 335 g/mol. The third-order valence-electron chi connectivity index (χ3n) is 4.17. The van der Waals surface area contributed by atoms with Gasteiger partial charge in [0, 0.05) is 57.2 Å². The van der Waals surface area contributed by atoms with Crippen molar-refractivity contribution in [1.29, 1.82) is 0 Å². The number of carbonyl (C=O) groups is 1. The van der Waals surface area contributed by atoms with E-state index in [4.69, 9.17) is 11.6 Å². The topological polar surface area (TPSA) is 57.2 Å². The number of aromatic amines is 1. The number of aromatic nitrogens is 3. The van der Waals surface area contributed by atoms with Crippen molar-refractivity contribution in [1.82, 2.24) is 24.6 Å². The summed E-state index contributed by atoms with van der Waals surface area (Å²) in [6.07, 6.45) is 6.64. The zero-order valence-corrected chi connectivity index (χ0v) is 14.1. The van der Waals surface area contributed by atoms with Gasteiger partial charge in [0.05, 0.1) is 11.2 Å². The zero-order valence-electron chi connectivity index (χ0n) is 13.3. The normalized spacial score (nSPS) is 16.5. The Morgan fingerprint density at radius 1 is 1.35 bits per heavy atom. The fourth-order valence-electron chi connectivity index (χ4n) is 2.91. The quantitative estimate of drug-likeness (QED) is 0.932. The number of aryl methyl sites for hydroxylation is 1. The lowest BCUT2D eigenvalue weighted by Crippen LogP contribution is -2.35. The molecule has 1 N–H and O–H groups in total. The predicted octanol–water partition coefficient (Wildman–Crippen LogP) is 2.23. The molecule has 1 aliphatic rings. The van der Waals surface area contributed by atoms with E-state index in [2.05, 4.69) is 28.1 Å². The van der Waals surface area contributed by atoms with Crippen molar-refractivity contribution in [3.05, 3.63) is 40.9 Å². The van der Waals surface area contributed by atoms with Gasteiger partial charge in [-0.15, -0.1) is 0 Å². The molecule has 1 saturated heterocycles. The summed E-state index contributed by atoms with van der Waals surface area (Å²) in [5.41, 5.74) is 1.79.